The predicted molar refractivity (Wildman–Crippen MR) is 126 cm³/mol. The lowest BCUT2D eigenvalue weighted by atomic mass is 9.87. The van der Waals surface area contributed by atoms with E-state index < -0.39 is 24.2 Å². The molecule has 0 aliphatic carbocycles. The van der Waals surface area contributed by atoms with Crippen LogP contribution in [0.25, 0.3) is 0 Å². The van der Waals surface area contributed by atoms with Gasteiger partial charge in [-0.15, -0.1) is 0 Å². The number of ketones is 1. The third-order valence-corrected chi connectivity index (χ3v) is 6.49. The molecule has 8 nitrogen and oxygen atoms in total. The van der Waals surface area contributed by atoms with Crippen molar-refractivity contribution in [2.24, 2.45) is 17.8 Å². The van der Waals surface area contributed by atoms with Gasteiger partial charge in [0.05, 0.1) is 12.2 Å². The van der Waals surface area contributed by atoms with E-state index in [4.69, 9.17) is 4.74 Å². The molecule has 2 aliphatic rings. The third kappa shape index (κ3) is 9.50. The largest absolute Gasteiger partial charge is 0.458 e. The van der Waals surface area contributed by atoms with Crippen LogP contribution in [0.5, 0.6) is 0 Å². The van der Waals surface area contributed by atoms with Crippen LogP contribution in [0.15, 0.2) is 23.8 Å². The summed E-state index contributed by atoms with van der Waals surface area (Å²) in [4.78, 5) is 48.1. The van der Waals surface area contributed by atoms with Crippen molar-refractivity contribution in [3.05, 3.63) is 23.8 Å². The number of amides is 2. The van der Waals surface area contributed by atoms with Crippen molar-refractivity contribution >= 4 is 23.6 Å². The summed E-state index contributed by atoms with van der Waals surface area (Å²) in [5, 5.41) is 22.9. The van der Waals surface area contributed by atoms with Crippen LogP contribution < -0.4 is 5.32 Å². The van der Waals surface area contributed by atoms with Gasteiger partial charge in [0.15, 0.2) is 0 Å². The molecule has 0 bridgehead atoms. The molecule has 0 radical (unpaired) electrons. The zero-order chi connectivity index (χ0) is 25.3. The highest BCUT2D eigenvalue weighted by atomic mass is 16.5. The molecule has 190 valence electrons. The lowest BCUT2D eigenvalue weighted by Crippen LogP contribution is -2.39. The lowest BCUT2D eigenvalue weighted by molar-refractivity contribution is -0.150. The molecule has 0 spiro atoms. The number of esters is 1. The fourth-order valence-corrected chi connectivity index (χ4v) is 4.72. The maximum Gasteiger partial charge on any atom is 0.306 e. The fraction of sp³-hybridized carbons (Fsp3) is 0.692. The van der Waals surface area contributed by atoms with Gasteiger partial charge in [0.2, 0.25) is 11.8 Å². The number of ether oxygens (including phenoxy) is 1. The van der Waals surface area contributed by atoms with E-state index in [1.165, 1.54) is 0 Å². The number of allylic oxidation sites excluding steroid dienone is 2. The summed E-state index contributed by atoms with van der Waals surface area (Å²) in [6.07, 6.45) is 6.96. The summed E-state index contributed by atoms with van der Waals surface area (Å²) in [7, 11) is 0. The molecule has 2 aliphatic heterocycles. The highest BCUT2D eigenvalue weighted by Gasteiger charge is 2.29. The molecule has 0 saturated carbocycles. The van der Waals surface area contributed by atoms with E-state index in [-0.39, 0.29) is 61.1 Å². The Kier molecular flexibility index (Phi) is 11.1. The van der Waals surface area contributed by atoms with Crippen molar-refractivity contribution in [3.63, 3.8) is 0 Å². The molecule has 0 aromatic rings. The Hall–Kier alpha value is -2.32. The van der Waals surface area contributed by atoms with Gasteiger partial charge in [0, 0.05) is 31.6 Å². The minimum atomic E-state index is -0.938. The quantitative estimate of drug-likeness (QED) is 0.292. The summed E-state index contributed by atoms with van der Waals surface area (Å²) in [6.45, 7) is 5.46. The van der Waals surface area contributed by atoms with Gasteiger partial charge in [-0.25, -0.2) is 0 Å². The number of imide groups is 1. The Morgan fingerprint density at radius 3 is 2.59 bits per heavy atom. The Labute approximate surface area is 201 Å². The van der Waals surface area contributed by atoms with E-state index in [9.17, 15) is 29.4 Å². The van der Waals surface area contributed by atoms with Gasteiger partial charge in [-0.1, -0.05) is 32.1 Å². The number of carbonyl (C=O) groups is 4. The van der Waals surface area contributed by atoms with E-state index in [0.717, 1.165) is 18.4 Å². The minimum absolute atomic E-state index is 0.0826. The van der Waals surface area contributed by atoms with E-state index in [0.29, 0.717) is 19.3 Å². The normalized spacial score (nSPS) is 28.7. The van der Waals surface area contributed by atoms with Gasteiger partial charge in [-0.2, -0.15) is 0 Å². The molecule has 2 amide bonds. The standard InChI is InChI=1S/C26H39NO7/c1-16(22(30)15-21(29)12-19-13-23(31)27-24(32)14-19)10-17(2)26-18(3)11-20(28)8-6-4-5-7-9-25(33)34-26/h6,8,10,16,18-21,26,28-29H,4-5,7,9,11-15H2,1-3H3,(H,27,31,32)/b8-6+,17-10+/t16-,18-,20-,21+,26-/m0/s1. The summed E-state index contributed by atoms with van der Waals surface area (Å²) in [5.41, 5.74) is 0.735. The number of cyclic esters (lactones) is 1. The number of carbonyl (C=O) groups excluding carboxylic acids is 4. The lowest BCUT2D eigenvalue weighted by Gasteiger charge is -2.27. The summed E-state index contributed by atoms with van der Waals surface area (Å²) in [5.74, 6) is -2.10. The third-order valence-electron chi connectivity index (χ3n) is 6.49. The second-order valence-electron chi connectivity index (χ2n) is 9.87. The Morgan fingerprint density at radius 1 is 1.24 bits per heavy atom. The topological polar surface area (TPSA) is 130 Å². The molecule has 2 rings (SSSR count). The molecule has 1 fully saturated rings. The van der Waals surface area contributed by atoms with Crippen LogP contribution >= 0.6 is 0 Å². The van der Waals surface area contributed by atoms with Crippen LogP contribution in [0.1, 0.15) is 78.6 Å². The van der Waals surface area contributed by atoms with Gasteiger partial charge in [0.1, 0.15) is 11.9 Å². The monoisotopic (exact) mass is 477 g/mol. The van der Waals surface area contributed by atoms with Gasteiger partial charge < -0.3 is 14.9 Å². The van der Waals surface area contributed by atoms with Gasteiger partial charge in [-0.05, 0) is 56.4 Å². The van der Waals surface area contributed by atoms with Crippen LogP contribution in [0.2, 0.25) is 0 Å². The molecule has 3 N–H and O–H groups in total. The van der Waals surface area contributed by atoms with Crippen molar-refractivity contribution in [3.8, 4) is 0 Å². The second kappa shape index (κ2) is 13.5. The van der Waals surface area contributed by atoms with Crippen LogP contribution in [0.3, 0.4) is 0 Å². The smallest absolute Gasteiger partial charge is 0.306 e. The number of Topliss-reactive ketones (excluding diaryl/α,β-unsaturated/α-hetero) is 1. The van der Waals surface area contributed by atoms with Crippen molar-refractivity contribution in [1.82, 2.24) is 5.32 Å². The van der Waals surface area contributed by atoms with E-state index in [2.05, 4.69) is 5.32 Å². The van der Waals surface area contributed by atoms with Crippen LogP contribution in [0, 0.1) is 17.8 Å². The summed E-state index contributed by atoms with van der Waals surface area (Å²) < 4.78 is 5.76. The zero-order valence-electron chi connectivity index (χ0n) is 20.5. The number of hydrogen-bond donors (Lipinski definition) is 3. The first kappa shape index (κ1) is 27.9. The molecular formula is C26H39NO7. The fourth-order valence-electron chi connectivity index (χ4n) is 4.72. The zero-order valence-corrected chi connectivity index (χ0v) is 20.5. The number of nitrogens with one attached hydrogen (secondary N) is 1. The highest BCUT2D eigenvalue weighted by molar-refractivity contribution is 5.97. The number of aliphatic hydroxyl groups excluding tert-OH is 2. The van der Waals surface area contributed by atoms with E-state index in [1.54, 1.807) is 19.1 Å². The molecule has 1 saturated heterocycles. The number of aliphatic hydroxyl groups is 2. The molecule has 8 heteroatoms. The van der Waals surface area contributed by atoms with E-state index in [1.807, 2.05) is 19.9 Å². The first-order chi connectivity index (χ1) is 16.0. The molecule has 5 atom stereocenters. The maximum absolute atomic E-state index is 12.7. The Morgan fingerprint density at radius 2 is 1.91 bits per heavy atom. The van der Waals surface area contributed by atoms with Crippen molar-refractivity contribution in [2.75, 3.05) is 0 Å². The molecule has 0 aromatic carbocycles. The highest BCUT2D eigenvalue weighted by Crippen LogP contribution is 2.26. The Bertz CT molecular complexity index is 787. The van der Waals surface area contributed by atoms with Gasteiger partial charge in [0.25, 0.3) is 0 Å². The van der Waals surface area contributed by atoms with Gasteiger partial charge >= 0.3 is 5.97 Å². The van der Waals surface area contributed by atoms with E-state index >= 15 is 0 Å². The van der Waals surface area contributed by atoms with Crippen LogP contribution in [-0.2, 0) is 23.9 Å². The maximum atomic E-state index is 12.7. The molecular weight excluding hydrogens is 438 g/mol. The van der Waals surface area contributed by atoms with Crippen molar-refractivity contribution in [2.45, 2.75) is 96.9 Å². The second-order valence-corrected chi connectivity index (χ2v) is 9.87. The number of rotatable bonds is 7. The number of piperidine rings is 1. The predicted octanol–water partition coefficient (Wildman–Crippen LogP) is 2.76. The van der Waals surface area contributed by atoms with Gasteiger partial charge in [-0.3, -0.25) is 24.5 Å². The molecule has 0 unspecified atom stereocenters. The van der Waals surface area contributed by atoms with Crippen LogP contribution in [0.4, 0.5) is 0 Å². The number of hydrogen-bond acceptors (Lipinski definition) is 7. The first-order valence-electron chi connectivity index (χ1n) is 12.3. The molecule has 2 heterocycles. The first-order valence-corrected chi connectivity index (χ1v) is 12.3. The summed E-state index contributed by atoms with van der Waals surface area (Å²) in [6, 6.07) is 0. The average Bonchev–Trinajstić information content (AvgIpc) is 2.72. The van der Waals surface area contributed by atoms with Crippen molar-refractivity contribution < 1.29 is 34.1 Å². The van der Waals surface area contributed by atoms with Crippen LogP contribution in [-0.4, -0.2) is 52.1 Å². The minimum Gasteiger partial charge on any atom is -0.458 e. The van der Waals surface area contributed by atoms with Crippen molar-refractivity contribution in [1.29, 1.82) is 0 Å². The molecule has 34 heavy (non-hydrogen) atoms. The summed E-state index contributed by atoms with van der Waals surface area (Å²) >= 11 is 0. The molecule has 0 aromatic heterocycles. The Balaban J connectivity index is 2.01. The average molecular weight is 478 g/mol. The SMILES string of the molecule is C/C(=C\[C@H](C)C(=O)C[C@H](O)CC1CC(=O)NC(=O)C1)[C@@H]1OC(=O)CCCC/C=C/[C@H](O)C[C@@H]1C.